The first kappa shape index (κ1) is 17.1. The van der Waals surface area contributed by atoms with Gasteiger partial charge in [-0.2, -0.15) is 0 Å². The Hall–Kier alpha value is -2.73. The van der Waals surface area contributed by atoms with Crippen molar-refractivity contribution in [3.63, 3.8) is 0 Å². The summed E-state index contributed by atoms with van der Waals surface area (Å²) < 4.78 is 0.835. The normalized spacial score (nSPS) is 10.4. The van der Waals surface area contributed by atoms with Crippen LogP contribution in [-0.2, 0) is 0 Å². The Morgan fingerprint density at radius 1 is 1.08 bits per heavy atom. The fourth-order valence-electron chi connectivity index (χ4n) is 2.29. The number of nitrogens with zero attached hydrogens (tertiary/aromatic N) is 3. The summed E-state index contributed by atoms with van der Waals surface area (Å²) in [5.41, 5.74) is 3.20. The molecule has 3 rings (SSSR count). The zero-order valence-corrected chi connectivity index (χ0v) is 15.5. The zero-order chi connectivity index (χ0) is 17.8. The molecule has 0 bridgehead atoms. The van der Waals surface area contributed by atoms with E-state index in [0.29, 0.717) is 17.2 Å². The highest BCUT2D eigenvalue weighted by Gasteiger charge is 2.12. The third-order valence-corrected chi connectivity index (χ3v) is 4.37. The standard InChI is InChI=1S/C19H17BrN4O/c1-13-8-9-17(16(20)10-13)23-18(25)14-11-21-19(22-12-14)24(2)15-6-4-3-5-7-15/h3-12H,1-2H3,(H,23,25). The minimum atomic E-state index is -0.251. The number of hydrogen-bond acceptors (Lipinski definition) is 4. The van der Waals surface area contributed by atoms with Gasteiger partial charge in [0.2, 0.25) is 5.95 Å². The molecule has 0 atom stereocenters. The summed E-state index contributed by atoms with van der Waals surface area (Å²) >= 11 is 3.45. The lowest BCUT2D eigenvalue weighted by atomic mass is 10.2. The van der Waals surface area contributed by atoms with Crippen LogP contribution in [-0.4, -0.2) is 22.9 Å². The fourth-order valence-corrected chi connectivity index (χ4v) is 2.89. The van der Waals surface area contributed by atoms with E-state index in [9.17, 15) is 4.79 Å². The lowest BCUT2D eigenvalue weighted by Gasteiger charge is -2.16. The first-order valence-corrected chi connectivity index (χ1v) is 8.52. The number of nitrogens with one attached hydrogen (secondary N) is 1. The number of carbonyl (C=O) groups excluding carboxylic acids is 1. The largest absolute Gasteiger partial charge is 0.321 e. The molecule has 6 heteroatoms. The molecule has 2 aromatic carbocycles. The molecule has 0 aliphatic carbocycles. The molecule has 0 saturated heterocycles. The highest BCUT2D eigenvalue weighted by Crippen LogP contribution is 2.24. The van der Waals surface area contributed by atoms with E-state index in [2.05, 4.69) is 31.2 Å². The maximum atomic E-state index is 12.4. The topological polar surface area (TPSA) is 58.1 Å². The maximum Gasteiger partial charge on any atom is 0.258 e. The predicted molar refractivity (Wildman–Crippen MR) is 103 cm³/mol. The second-order valence-electron chi connectivity index (χ2n) is 5.60. The van der Waals surface area contributed by atoms with Gasteiger partial charge in [-0.05, 0) is 52.7 Å². The zero-order valence-electron chi connectivity index (χ0n) is 13.9. The van der Waals surface area contributed by atoms with Gasteiger partial charge in [0.15, 0.2) is 0 Å². The van der Waals surface area contributed by atoms with Gasteiger partial charge in [-0.1, -0.05) is 24.3 Å². The van der Waals surface area contributed by atoms with Crippen LogP contribution < -0.4 is 10.2 Å². The molecule has 126 valence electrons. The van der Waals surface area contributed by atoms with E-state index >= 15 is 0 Å². The molecule has 3 aromatic rings. The van der Waals surface area contributed by atoms with E-state index < -0.39 is 0 Å². The van der Waals surface area contributed by atoms with Crippen LogP contribution in [0.3, 0.4) is 0 Å². The van der Waals surface area contributed by atoms with Crippen LogP contribution in [0, 0.1) is 6.92 Å². The molecule has 1 N–H and O–H groups in total. The molecule has 0 saturated carbocycles. The number of aryl methyl sites for hydroxylation is 1. The van der Waals surface area contributed by atoms with Crippen LogP contribution in [0.2, 0.25) is 0 Å². The monoisotopic (exact) mass is 396 g/mol. The van der Waals surface area contributed by atoms with Gasteiger partial charge in [-0.15, -0.1) is 0 Å². The number of anilines is 3. The van der Waals surface area contributed by atoms with Crippen molar-refractivity contribution in [1.29, 1.82) is 0 Å². The van der Waals surface area contributed by atoms with Crippen molar-refractivity contribution in [3.05, 3.63) is 76.5 Å². The molecule has 0 aliphatic rings. The highest BCUT2D eigenvalue weighted by molar-refractivity contribution is 9.10. The predicted octanol–water partition coefficient (Wildman–Crippen LogP) is 4.57. The van der Waals surface area contributed by atoms with Crippen molar-refractivity contribution < 1.29 is 4.79 Å². The lowest BCUT2D eigenvalue weighted by Crippen LogP contribution is -2.16. The molecule has 5 nitrogen and oxygen atoms in total. The Labute approximate surface area is 154 Å². The molecular formula is C19H17BrN4O. The summed E-state index contributed by atoms with van der Waals surface area (Å²) in [5, 5.41) is 2.85. The van der Waals surface area contributed by atoms with Crippen molar-refractivity contribution in [2.45, 2.75) is 6.92 Å². The summed E-state index contributed by atoms with van der Waals surface area (Å²) in [5.74, 6) is 0.276. The Kier molecular flexibility index (Phi) is 5.09. The second kappa shape index (κ2) is 7.44. The van der Waals surface area contributed by atoms with Gasteiger partial charge in [0.1, 0.15) is 0 Å². The summed E-state index contributed by atoms with van der Waals surface area (Å²) in [4.78, 5) is 22.8. The number of amides is 1. The summed E-state index contributed by atoms with van der Waals surface area (Å²) in [6, 6.07) is 15.5. The Morgan fingerprint density at radius 2 is 1.76 bits per heavy atom. The van der Waals surface area contributed by atoms with E-state index in [1.165, 1.54) is 12.4 Å². The maximum absolute atomic E-state index is 12.4. The summed E-state index contributed by atoms with van der Waals surface area (Å²) in [6.45, 7) is 1.99. The number of aromatic nitrogens is 2. The third-order valence-electron chi connectivity index (χ3n) is 3.72. The molecule has 0 aliphatic heterocycles. The van der Waals surface area contributed by atoms with Crippen molar-refractivity contribution in [2.75, 3.05) is 17.3 Å². The van der Waals surface area contributed by atoms with Gasteiger partial charge in [0, 0.05) is 29.6 Å². The van der Waals surface area contributed by atoms with Crippen LogP contribution in [0.5, 0.6) is 0 Å². The lowest BCUT2D eigenvalue weighted by molar-refractivity contribution is 0.102. The van der Waals surface area contributed by atoms with Crippen molar-refractivity contribution in [2.24, 2.45) is 0 Å². The average molecular weight is 397 g/mol. The van der Waals surface area contributed by atoms with Gasteiger partial charge >= 0.3 is 0 Å². The van der Waals surface area contributed by atoms with Gasteiger partial charge < -0.3 is 10.2 Å². The fraction of sp³-hybridized carbons (Fsp3) is 0.105. The number of carbonyl (C=O) groups is 1. The molecule has 0 radical (unpaired) electrons. The molecule has 1 heterocycles. The van der Waals surface area contributed by atoms with Gasteiger partial charge in [-0.25, -0.2) is 9.97 Å². The number of hydrogen-bond donors (Lipinski definition) is 1. The van der Waals surface area contributed by atoms with Gasteiger partial charge in [0.25, 0.3) is 5.91 Å². The van der Waals surface area contributed by atoms with Crippen LogP contribution in [0.1, 0.15) is 15.9 Å². The molecule has 1 aromatic heterocycles. The van der Waals surface area contributed by atoms with Crippen LogP contribution in [0.4, 0.5) is 17.3 Å². The Bertz CT molecular complexity index is 882. The van der Waals surface area contributed by atoms with Crippen molar-refractivity contribution in [3.8, 4) is 0 Å². The van der Waals surface area contributed by atoms with E-state index in [1.807, 2.05) is 67.4 Å². The molecule has 0 fully saturated rings. The number of rotatable bonds is 4. The highest BCUT2D eigenvalue weighted by atomic mass is 79.9. The van der Waals surface area contributed by atoms with E-state index in [4.69, 9.17) is 0 Å². The van der Waals surface area contributed by atoms with Crippen LogP contribution >= 0.6 is 15.9 Å². The summed E-state index contributed by atoms with van der Waals surface area (Å²) in [7, 11) is 1.88. The van der Waals surface area contributed by atoms with E-state index in [0.717, 1.165) is 15.7 Å². The Balaban J connectivity index is 1.74. The first-order chi connectivity index (χ1) is 12.0. The van der Waals surface area contributed by atoms with Gasteiger partial charge in [0.05, 0.1) is 11.3 Å². The molecular weight excluding hydrogens is 380 g/mol. The molecule has 1 amide bonds. The quantitative estimate of drug-likeness (QED) is 0.701. The van der Waals surface area contributed by atoms with E-state index in [-0.39, 0.29) is 5.91 Å². The number of halogens is 1. The molecule has 0 unspecified atom stereocenters. The number of benzene rings is 2. The average Bonchev–Trinajstić information content (AvgIpc) is 2.64. The van der Waals surface area contributed by atoms with Crippen LogP contribution in [0.25, 0.3) is 0 Å². The Morgan fingerprint density at radius 3 is 2.40 bits per heavy atom. The molecule has 0 spiro atoms. The third kappa shape index (κ3) is 4.03. The van der Waals surface area contributed by atoms with Crippen LogP contribution in [0.15, 0.2) is 65.4 Å². The summed E-state index contributed by atoms with van der Waals surface area (Å²) in [6.07, 6.45) is 3.05. The van der Waals surface area contributed by atoms with Crippen molar-refractivity contribution >= 4 is 39.2 Å². The minimum absolute atomic E-state index is 0.251. The number of para-hydroxylation sites is 1. The first-order valence-electron chi connectivity index (χ1n) is 7.73. The molecule has 25 heavy (non-hydrogen) atoms. The SMILES string of the molecule is Cc1ccc(NC(=O)c2cnc(N(C)c3ccccc3)nc2)c(Br)c1. The van der Waals surface area contributed by atoms with Gasteiger partial charge in [-0.3, -0.25) is 4.79 Å². The second-order valence-corrected chi connectivity index (χ2v) is 6.46. The van der Waals surface area contributed by atoms with E-state index in [1.54, 1.807) is 0 Å². The smallest absolute Gasteiger partial charge is 0.258 e. The van der Waals surface area contributed by atoms with Crippen molar-refractivity contribution in [1.82, 2.24) is 9.97 Å². The minimum Gasteiger partial charge on any atom is -0.321 e.